The molecule has 1 saturated carbocycles. The molecule has 1 aromatic heterocycles. The van der Waals surface area contributed by atoms with E-state index >= 15 is 0 Å². The van der Waals surface area contributed by atoms with E-state index in [1.165, 1.54) is 76.2 Å². The Kier molecular flexibility index (Phi) is 10.0. The molecule has 0 aliphatic heterocycles. The van der Waals surface area contributed by atoms with Crippen LogP contribution in [0.2, 0.25) is 0 Å². The first-order valence-corrected chi connectivity index (χ1v) is 13.0. The van der Waals surface area contributed by atoms with Crippen molar-refractivity contribution < 1.29 is 4.39 Å². The molecule has 0 spiro atoms. The zero-order chi connectivity index (χ0) is 21.9. The second-order valence-electron chi connectivity index (χ2n) is 9.67. The van der Waals surface area contributed by atoms with Crippen molar-refractivity contribution in [3.63, 3.8) is 0 Å². The van der Waals surface area contributed by atoms with E-state index < -0.39 is 0 Å². The van der Waals surface area contributed by atoms with Gasteiger partial charge in [0.25, 0.3) is 0 Å². The average molecular weight is 424 g/mol. The first-order chi connectivity index (χ1) is 15.2. The second-order valence-corrected chi connectivity index (χ2v) is 9.67. The molecule has 1 aliphatic carbocycles. The number of aromatic nitrogens is 1. The molecule has 0 unspecified atom stereocenters. The van der Waals surface area contributed by atoms with Crippen molar-refractivity contribution in [1.82, 2.24) is 4.98 Å². The molecule has 0 radical (unpaired) electrons. The van der Waals surface area contributed by atoms with Crippen molar-refractivity contribution in [3.05, 3.63) is 53.5 Å². The molecule has 170 valence electrons. The maximum atomic E-state index is 14.6. The van der Waals surface area contributed by atoms with Crippen LogP contribution in [0, 0.1) is 11.7 Å². The average Bonchev–Trinajstić information content (AvgIpc) is 2.81. The van der Waals surface area contributed by atoms with E-state index in [1.807, 2.05) is 18.3 Å². The summed E-state index contributed by atoms with van der Waals surface area (Å²) in [6, 6.07) is 9.84. The van der Waals surface area contributed by atoms with Gasteiger partial charge >= 0.3 is 0 Å². The summed E-state index contributed by atoms with van der Waals surface area (Å²) in [5, 5.41) is 0. The third-order valence-corrected chi connectivity index (χ3v) is 7.20. The topological polar surface area (TPSA) is 12.9 Å². The first kappa shape index (κ1) is 24.0. The van der Waals surface area contributed by atoms with Crippen molar-refractivity contribution >= 4 is 0 Å². The van der Waals surface area contributed by atoms with Gasteiger partial charge in [-0.25, -0.2) is 4.39 Å². The number of unbranched alkanes of at least 4 members (excludes halogenated alkanes) is 6. The van der Waals surface area contributed by atoms with Gasteiger partial charge in [-0.3, -0.25) is 4.98 Å². The quantitative estimate of drug-likeness (QED) is 0.310. The monoisotopic (exact) mass is 423 g/mol. The molecule has 1 aromatic carbocycles. The van der Waals surface area contributed by atoms with Crippen LogP contribution < -0.4 is 0 Å². The van der Waals surface area contributed by atoms with Crippen LogP contribution in [0.3, 0.4) is 0 Å². The molecule has 0 amide bonds. The molecule has 1 aliphatic rings. The van der Waals surface area contributed by atoms with Crippen molar-refractivity contribution in [2.45, 2.75) is 110 Å². The Morgan fingerprint density at radius 2 is 1.58 bits per heavy atom. The highest BCUT2D eigenvalue weighted by Crippen LogP contribution is 2.38. The number of aryl methyl sites for hydroxylation is 1. The Hall–Kier alpha value is -1.70. The fourth-order valence-electron chi connectivity index (χ4n) is 5.11. The summed E-state index contributed by atoms with van der Waals surface area (Å²) >= 11 is 0. The maximum Gasteiger partial charge on any atom is 0.132 e. The molecule has 3 rings (SSSR count). The lowest BCUT2D eigenvalue weighted by atomic mass is 9.77. The van der Waals surface area contributed by atoms with Gasteiger partial charge in [0.15, 0.2) is 0 Å². The molecule has 31 heavy (non-hydrogen) atoms. The highest BCUT2D eigenvalue weighted by molar-refractivity contribution is 5.60. The van der Waals surface area contributed by atoms with Crippen LogP contribution in [0.4, 0.5) is 4.39 Å². The fraction of sp³-hybridized carbons (Fsp3) is 0.621. The molecule has 0 atom stereocenters. The highest BCUT2D eigenvalue weighted by Gasteiger charge is 2.22. The molecular weight excluding hydrogens is 381 g/mol. The van der Waals surface area contributed by atoms with Gasteiger partial charge in [0.2, 0.25) is 0 Å². The predicted octanol–water partition coefficient (Wildman–Crippen LogP) is 9.25. The number of hydrogen-bond acceptors (Lipinski definition) is 1. The molecular formula is C29H42FN. The zero-order valence-corrected chi connectivity index (χ0v) is 19.8. The standard InChI is InChI=1S/C29H42FN/c1-3-5-7-8-9-10-12-23-13-16-25(17-14-23)26-18-20-29(31-22-26)27-19-15-24(11-6-4-2)21-28(27)30/h15,18-23,25H,3-14,16-17H2,1-2H3/t23-,25-. The van der Waals surface area contributed by atoms with Gasteiger partial charge in [-0.2, -0.15) is 0 Å². The number of halogens is 1. The van der Waals surface area contributed by atoms with E-state index in [2.05, 4.69) is 31.0 Å². The Morgan fingerprint density at radius 3 is 2.26 bits per heavy atom. The van der Waals surface area contributed by atoms with E-state index in [0.717, 1.165) is 36.4 Å². The molecule has 1 nitrogen and oxygen atoms in total. The second kappa shape index (κ2) is 13.0. The highest BCUT2D eigenvalue weighted by atomic mass is 19.1. The molecule has 1 heterocycles. The molecule has 2 aromatic rings. The first-order valence-electron chi connectivity index (χ1n) is 13.0. The van der Waals surface area contributed by atoms with Gasteiger partial charge in [-0.1, -0.05) is 77.3 Å². The van der Waals surface area contributed by atoms with Crippen LogP contribution in [0.25, 0.3) is 11.3 Å². The van der Waals surface area contributed by atoms with E-state index in [1.54, 1.807) is 6.07 Å². The minimum atomic E-state index is -0.149. The molecule has 0 bridgehead atoms. The van der Waals surface area contributed by atoms with Crippen molar-refractivity contribution in [3.8, 4) is 11.3 Å². The number of hydrogen-bond donors (Lipinski definition) is 0. The van der Waals surface area contributed by atoms with Crippen LogP contribution in [0.15, 0.2) is 36.5 Å². The van der Waals surface area contributed by atoms with Crippen molar-refractivity contribution in [2.75, 3.05) is 0 Å². The summed E-state index contributed by atoms with van der Waals surface area (Å²) in [6.07, 6.45) is 20.3. The lowest BCUT2D eigenvalue weighted by Gasteiger charge is -2.28. The lowest BCUT2D eigenvalue weighted by molar-refractivity contribution is 0.301. The minimum absolute atomic E-state index is 0.149. The van der Waals surface area contributed by atoms with Gasteiger partial charge < -0.3 is 0 Å². The maximum absolute atomic E-state index is 14.6. The van der Waals surface area contributed by atoms with E-state index in [4.69, 9.17) is 0 Å². The number of rotatable bonds is 12. The van der Waals surface area contributed by atoms with Gasteiger partial charge in [-0.05, 0) is 79.7 Å². The van der Waals surface area contributed by atoms with Gasteiger partial charge in [-0.15, -0.1) is 0 Å². The SMILES string of the molecule is CCCCCCCC[C@H]1CC[C@H](c2ccc(-c3ccc(CCCC)cc3F)nc2)CC1. The van der Waals surface area contributed by atoms with Crippen LogP contribution >= 0.6 is 0 Å². The van der Waals surface area contributed by atoms with E-state index in [-0.39, 0.29) is 5.82 Å². The Bertz CT molecular complexity index is 759. The summed E-state index contributed by atoms with van der Waals surface area (Å²) in [5.41, 5.74) is 3.79. The summed E-state index contributed by atoms with van der Waals surface area (Å²) < 4.78 is 14.6. The Morgan fingerprint density at radius 1 is 0.839 bits per heavy atom. The summed E-state index contributed by atoms with van der Waals surface area (Å²) in [6.45, 7) is 4.45. The van der Waals surface area contributed by atoms with Crippen molar-refractivity contribution in [1.29, 1.82) is 0 Å². The third kappa shape index (κ3) is 7.44. The normalized spacial score (nSPS) is 18.9. The molecule has 0 saturated heterocycles. The summed E-state index contributed by atoms with van der Waals surface area (Å²) in [5.74, 6) is 1.41. The molecule has 0 N–H and O–H groups in total. The summed E-state index contributed by atoms with van der Waals surface area (Å²) in [7, 11) is 0. The van der Waals surface area contributed by atoms with Gasteiger partial charge in [0.1, 0.15) is 5.82 Å². The smallest absolute Gasteiger partial charge is 0.132 e. The van der Waals surface area contributed by atoms with Crippen LogP contribution in [0.5, 0.6) is 0 Å². The Balaban J connectivity index is 1.47. The number of nitrogens with zero attached hydrogens (tertiary/aromatic N) is 1. The number of pyridine rings is 1. The van der Waals surface area contributed by atoms with Gasteiger partial charge in [0.05, 0.1) is 5.69 Å². The van der Waals surface area contributed by atoms with Crippen LogP contribution in [-0.4, -0.2) is 4.98 Å². The Labute approximate surface area is 189 Å². The molecule has 2 heteroatoms. The van der Waals surface area contributed by atoms with Crippen molar-refractivity contribution in [2.24, 2.45) is 5.92 Å². The molecule has 1 fully saturated rings. The predicted molar refractivity (Wildman–Crippen MR) is 131 cm³/mol. The van der Waals surface area contributed by atoms with Crippen LogP contribution in [0.1, 0.15) is 114 Å². The summed E-state index contributed by atoms with van der Waals surface area (Å²) in [4.78, 5) is 4.64. The fourth-order valence-corrected chi connectivity index (χ4v) is 5.11. The number of benzene rings is 1. The van der Waals surface area contributed by atoms with Gasteiger partial charge in [0, 0.05) is 11.8 Å². The van der Waals surface area contributed by atoms with E-state index in [9.17, 15) is 4.39 Å². The lowest BCUT2D eigenvalue weighted by Crippen LogP contribution is -2.13. The van der Waals surface area contributed by atoms with E-state index in [0.29, 0.717) is 11.5 Å². The minimum Gasteiger partial charge on any atom is -0.256 e. The van der Waals surface area contributed by atoms with Crippen LogP contribution in [-0.2, 0) is 6.42 Å². The third-order valence-electron chi connectivity index (χ3n) is 7.20. The zero-order valence-electron chi connectivity index (χ0n) is 19.8. The largest absolute Gasteiger partial charge is 0.256 e.